The predicted molar refractivity (Wildman–Crippen MR) is 66.2 cm³/mol. The summed E-state index contributed by atoms with van der Waals surface area (Å²) in [6.45, 7) is 0.802. The average molecular weight is 237 g/mol. The molecular weight excluding hydrogens is 218 g/mol. The topological polar surface area (TPSA) is 47.6 Å². The first-order valence-electron chi connectivity index (χ1n) is 5.65. The van der Waals surface area contributed by atoms with Gasteiger partial charge in [-0.25, -0.2) is 0 Å². The number of carbonyl (C=O) groups excluding carboxylic acids is 1. The number of benzene rings is 1. The first kappa shape index (κ1) is 13.5. The van der Waals surface area contributed by atoms with Crippen molar-refractivity contribution in [3.63, 3.8) is 0 Å². The van der Waals surface area contributed by atoms with Crippen molar-refractivity contribution in [3.05, 3.63) is 29.8 Å². The highest BCUT2D eigenvalue weighted by atomic mass is 16.5. The van der Waals surface area contributed by atoms with Gasteiger partial charge < -0.3 is 14.8 Å². The molecule has 94 valence electrons. The second-order valence-corrected chi connectivity index (χ2v) is 3.73. The van der Waals surface area contributed by atoms with Crippen LogP contribution in [0.2, 0.25) is 0 Å². The van der Waals surface area contributed by atoms with Gasteiger partial charge in [-0.2, -0.15) is 0 Å². The lowest BCUT2D eigenvalue weighted by atomic mass is 10.1. The van der Waals surface area contributed by atoms with Gasteiger partial charge in [-0.05, 0) is 30.5 Å². The van der Waals surface area contributed by atoms with Crippen molar-refractivity contribution in [2.75, 3.05) is 27.4 Å². The van der Waals surface area contributed by atoms with Gasteiger partial charge in [-0.1, -0.05) is 12.1 Å². The minimum atomic E-state index is -0.0674. The van der Waals surface area contributed by atoms with Crippen molar-refractivity contribution < 1.29 is 14.3 Å². The molecule has 17 heavy (non-hydrogen) atoms. The number of ether oxygens (including phenoxy) is 2. The smallest absolute Gasteiger partial charge is 0.245 e. The van der Waals surface area contributed by atoms with Gasteiger partial charge in [0.2, 0.25) is 5.91 Å². The van der Waals surface area contributed by atoms with Crippen molar-refractivity contribution in [2.24, 2.45) is 0 Å². The number of amides is 1. The molecule has 1 aromatic carbocycles. The summed E-state index contributed by atoms with van der Waals surface area (Å²) in [5.41, 5.74) is 1.24. The predicted octanol–water partition coefficient (Wildman–Crippen LogP) is 1.39. The molecule has 4 nitrogen and oxygen atoms in total. The molecule has 0 aliphatic carbocycles. The zero-order valence-corrected chi connectivity index (χ0v) is 10.4. The number of rotatable bonds is 7. The van der Waals surface area contributed by atoms with Gasteiger partial charge in [0, 0.05) is 13.7 Å². The molecule has 0 aliphatic heterocycles. The van der Waals surface area contributed by atoms with Crippen molar-refractivity contribution in [2.45, 2.75) is 12.8 Å². The summed E-state index contributed by atoms with van der Waals surface area (Å²) < 4.78 is 9.80. The molecule has 0 radical (unpaired) electrons. The minimum Gasteiger partial charge on any atom is -0.497 e. The Balaban J connectivity index is 2.19. The minimum absolute atomic E-state index is 0.0674. The summed E-state index contributed by atoms with van der Waals surface area (Å²) in [6.07, 6.45) is 1.86. The maximum atomic E-state index is 11.1. The van der Waals surface area contributed by atoms with Crippen LogP contribution in [0.15, 0.2) is 24.3 Å². The molecule has 0 saturated carbocycles. The Hall–Kier alpha value is -1.55. The number of carbonyl (C=O) groups is 1. The van der Waals surface area contributed by atoms with Gasteiger partial charge in [0.05, 0.1) is 7.11 Å². The summed E-state index contributed by atoms with van der Waals surface area (Å²) in [5.74, 6) is 0.796. The molecule has 1 rings (SSSR count). The number of aryl methyl sites for hydroxylation is 1. The lowest BCUT2D eigenvalue weighted by molar-refractivity contribution is -0.124. The van der Waals surface area contributed by atoms with Crippen LogP contribution in [0.5, 0.6) is 5.75 Å². The highest BCUT2D eigenvalue weighted by Gasteiger charge is 1.99. The van der Waals surface area contributed by atoms with E-state index in [0.717, 1.165) is 18.6 Å². The third-order valence-corrected chi connectivity index (χ3v) is 2.40. The zero-order valence-electron chi connectivity index (χ0n) is 10.4. The van der Waals surface area contributed by atoms with Crippen LogP contribution in [-0.4, -0.2) is 33.3 Å². The Morgan fingerprint density at radius 3 is 2.53 bits per heavy atom. The second kappa shape index (κ2) is 7.68. The van der Waals surface area contributed by atoms with Gasteiger partial charge in [0.15, 0.2) is 0 Å². The van der Waals surface area contributed by atoms with E-state index in [1.165, 1.54) is 12.7 Å². The highest BCUT2D eigenvalue weighted by molar-refractivity contribution is 5.77. The van der Waals surface area contributed by atoms with E-state index in [1.807, 2.05) is 24.3 Å². The Morgan fingerprint density at radius 1 is 1.24 bits per heavy atom. The molecule has 1 N–H and O–H groups in total. The van der Waals surface area contributed by atoms with Gasteiger partial charge in [0.1, 0.15) is 12.4 Å². The molecule has 0 unspecified atom stereocenters. The maximum absolute atomic E-state index is 11.1. The largest absolute Gasteiger partial charge is 0.497 e. The zero-order chi connectivity index (χ0) is 12.5. The number of hydrogen-bond donors (Lipinski definition) is 1. The fourth-order valence-electron chi connectivity index (χ4n) is 1.49. The Morgan fingerprint density at radius 2 is 1.94 bits per heavy atom. The first-order valence-corrected chi connectivity index (χ1v) is 5.65. The van der Waals surface area contributed by atoms with Gasteiger partial charge in [-0.15, -0.1) is 0 Å². The Labute approximate surface area is 102 Å². The van der Waals surface area contributed by atoms with Crippen molar-refractivity contribution in [1.29, 1.82) is 0 Å². The summed E-state index contributed by atoms with van der Waals surface area (Å²) in [7, 11) is 3.16. The molecule has 1 aromatic rings. The summed E-state index contributed by atoms with van der Waals surface area (Å²) in [6, 6.07) is 7.96. The Kier molecular flexibility index (Phi) is 6.10. The molecule has 0 aromatic heterocycles. The lowest BCUT2D eigenvalue weighted by Gasteiger charge is -2.05. The van der Waals surface area contributed by atoms with Crippen LogP contribution < -0.4 is 10.1 Å². The Bertz CT molecular complexity index is 335. The van der Waals surface area contributed by atoms with Crippen molar-refractivity contribution in [3.8, 4) is 5.75 Å². The third kappa shape index (κ3) is 5.36. The van der Waals surface area contributed by atoms with Crippen LogP contribution in [0.3, 0.4) is 0 Å². The molecule has 0 fully saturated rings. The SMILES string of the molecule is COCC(=O)NCCCc1ccc(OC)cc1. The monoisotopic (exact) mass is 237 g/mol. The van der Waals surface area contributed by atoms with E-state index in [1.54, 1.807) is 7.11 Å². The number of hydrogen-bond acceptors (Lipinski definition) is 3. The molecule has 0 heterocycles. The molecule has 0 bridgehead atoms. The van der Waals surface area contributed by atoms with Crippen LogP contribution in [0.1, 0.15) is 12.0 Å². The summed E-state index contributed by atoms with van der Waals surface area (Å²) in [4.78, 5) is 11.1. The fourth-order valence-corrected chi connectivity index (χ4v) is 1.49. The first-order chi connectivity index (χ1) is 8.26. The van der Waals surface area contributed by atoms with E-state index in [0.29, 0.717) is 6.54 Å². The molecular formula is C13H19NO3. The lowest BCUT2D eigenvalue weighted by Crippen LogP contribution is -2.28. The van der Waals surface area contributed by atoms with Crippen molar-refractivity contribution >= 4 is 5.91 Å². The van der Waals surface area contributed by atoms with Crippen LogP contribution in [0.25, 0.3) is 0 Å². The van der Waals surface area contributed by atoms with E-state index < -0.39 is 0 Å². The van der Waals surface area contributed by atoms with Crippen LogP contribution >= 0.6 is 0 Å². The van der Waals surface area contributed by atoms with E-state index in [4.69, 9.17) is 9.47 Å². The third-order valence-electron chi connectivity index (χ3n) is 2.40. The molecule has 0 saturated heterocycles. The van der Waals surface area contributed by atoms with Gasteiger partial charge >= 0.3 is 0 Å². The molecule has 0 atom stereocenters. The molecule has 4 heteroatoms. The van der Waals surface area contributed by atoms with E-state index in [-0.39, 0.29) is 12.5 Å². The molecule has 0 spiro atoms. The normalized spacial score (nSPS) is 10.0. The van der Waals surface area contributed by atoms with E-state index in [2.05, 4.69) is 5.32 Å². The van der Waals surface area contributed by atoms with E-state index >= 15 is 0 Å². The quantitative estimate of drug-likeness (QED) is 0.729. The van der Waals surface area contributed by atoms with Gasteiger partial charge in [-0.3, -0.25) is 4.79 Å². The highest BCUT2D eigenvalue weighted by Crippen LogP contribution is 2.12. The summed E-state index contributed by atoms with van der Waals surface area (Å²) in [5, 5.41) is 2.79. The second-order valence-electron chi connectivity index (χ2n) is 3.73. The van der Waals surface area contributed by atoms with Crippen LogP contribution in [0.4, 0.5) is 0 Å². The van der Waals surface area contributed by atoms with Gasteiger partial charge in [0.25, 0.3) is 0 Å². The van der Waals surface area contributed by atoms with Crippen LogP contribution in [-0.2, 0) is 16.0 Å². The maximum Gasteiger partial charge on any atom is 0.245 e. The fraction of sp³-hybridized carbons (Fsp3) is 0.462. The standard InChI is InChI=1S/C13H19NO3/c1-16-10-13(15)14-9-3-4-11-5-7-12(17-2)8-6-11/h5-8H,3-4,9-10H2,1-2H3,(H,14,15). The summed E-state index contributed by atoms with van der Waals surface area (Å²) >= 11 is 0. The van der Waals surface area contributed by atoms with E-state index in [9.17, 15) is 4.79 Å². The number of methoxy groups -OCH3 is 2. The molecule has 0 aliphatic rings. The molecule has 1 amide bonds. The van der Waals surface area contributed by atoms with Crippen molar-refractivity contribution in [1.82, 2.24) is 5.32 Å². The van der Waals surface area contributed by atoms with Crippen LogP contribution in [0, 0.1) is 0 Å². The average Bonchev–Trinajstić information content (AvgIpc) is 2.36. The number of nitrogens with one attached hydrogen (secondary N) is 1.